The maximum atomic E-state index is 5.89. The lowest BCUT2D eigenvalue weighted by molar-refractivity contribution is 0.197. The average Bonchev–Trinajstić information content (AvgIpc) is 2.81. The second-order valence-electron chi connectivity index (χ2n) is 5.48. The van der Waals surface area contributed by atoms with Crippen LogP contribution in [0.1, 0.15) is 44.6 Å². The Morgan fingerprint density at radius 1 is 1.44 bits per heavy atom. The molecule has 2 heteroatoms. The number of furan rings is 1. The summed E-state index contributed by atoms with van der Waals surface area (Å²) in [6.07, 6.45) is 7.57. The van der Waals surface area contributed by atoms with E-state index in [2.05, 4.69) is 19.9 Å². The molecule has 1 fully saturated rings. The van der Waals surface area contributed by atoms with E-state index in [1.807, 2.05) is 6.26 Å². The minimum absolute atomic E-state index is 0.616. The fourth-order valence-corrected chi connectivity index (χ4v) is 3.05. The minimum atomic E-state index is 0.616. The Labute approximate surface area is 98.2 Å². The van der Waals surface area contributed by atoms with Gasteiger partial charge in [0.15, 0.2) is 0 Å². The SMILES string of the molecule is CC(C)C1CCC(CN)C(c2ccoc2)C1. The zero-order valence-corrected chi connectivity index (χ0v) is 10.4. The second-order valence-corrected chi connectivity index (χ2v) is 5.48. The van der Waals surface area contributed by atoms with Crippen LogP contribution in [0, 0.1) is 17.8 Å². The molecule has 1 aliphatic carbocycles. The number of rotatable bonds is 3. The number of hydrogen-bond acceptors (Lipinski definition) is 2. The summed E-state index contributed by atoms with van der Waals surface area (Å²) in [6, 6.07) is 2.11. The molecule has 2 nitrogen and oxygen atoms in total. The summed E-state index contributed by atoms with van der Waals surface area (Å²) in [5.41, 5.74) is 7.24. The average molecular weight is 221 g/mol. The van der Waals surface area contributed by atoms with E-state index in [9.17, 15) is 0 Å². The van der Waals surface area contributed by atoms with Gasteiger partial charge < -0.3 is 10.2 Å². The third-order valence-electron chi connectivity index (χ3n) is 4.25. The van der Waals surface area contributed by atoms with Gasteiger partial charge in [-0.2, -0.15) is 0 Å². The maximum Gasteiger partial charge on any atom is 0.0937 e. The summed E-state index contributed by atoms with van der Waals surface area (Å²) in [7, 11) is 0. The first-order valence-electron chi connectivity index (χ1n) is 6.44. The molecule has 3 unspecified atom stereocenters. The van der Waals surface area contributed by atoms with E-state index < -0.39 is 0 Å². The molecule has 90 valence electrons. The van der Waals surface area contributed by atoms with Gasteiger partial charge in [0, 0.05) is 0 Å². The minimum Gasteiger partial charge on any atom is -0.472 e. The van der Waals surface area contributed by atoms with Crippen molar-refractivity contribution in [2.24, 2.45) is 23.5 Å². The van der Waals surface area contributed by atoms with Crippen molar-refractivity contribution >= 4 is 0 Å². The van der Waals surface area contributed by atoms with Crippen molar-refractivity contribution in [1.82, 2.24) is 0 Å². The molecule has 0 aliphatic heterocycles. The van der Waals surface area contributed by atoms with Gasteiger partial charge in [-0.1, -0.05) is 13.8 Å². The van der Waals surface area contributed by atoms with Gasteiger partial charge in [-0.3, -0.25) is 0 Å². The lowest BCUT2D eigenvalue weighted by Gasteiger charge is -2.37. The molecular formula is C14H23NO. The Hall–Kier alpha value is -0.760. The van der Waals surface area contributed by atoms with E-state index in [0.717, 1.165) is 18.4 Å². The van der Waals surface area contributed by atoms with Crippen LogP contribution in [0.4, 0.5) is 0 Å². The molecule has 0 amide bonds. The van der Waals surface area contributed by atoms with E-state index in [1.165, 1.54) is 24.8 Å². The highest BCUT2D eigenvalue weighted by atomic mass is 16.3. The van der Waals surface area contributed by atoms with E-state index >= 15 is 0 Å². The van der Waals surface area contributed by atoms with Gasteiger partial charge in [0.05, 0.1) is 12.5 Å². The Morgan fingerprint density at radius 3 is 2.81 bits per heavy atom. The number of hydrogen-bond donors (Lipinski definition) is 1. The van der Waals surface area contributed by atoms with Gasteiger partial charge in [-0.05, 0) is 61.1 Å². The fourth-order valence-electron chi connectivity index (χ4n) is 3.05. The molecule has 3 atom stereocenters. The van der Waals surface area contributed by atoms with Crippen LogP contribution in [0.2, 0.25) is 0 Å². The topological polar surface area (TPSA) is 39.2 Å². The molecule has 0 radical (unpaired) electrons. The Bertz CT molecular complexity index is 305. The van der Waals surface area contributed by atoms with Crippen LogP contribution in [-0.4, -0.2) is 6.54 Å². The highest BCUT2D eigenvalue weighted by Crippen LogP contribution is 2.42. The summed E-state index contributed by atoms with van der Waals surface area (Å²) in [5.74, 6) is 2.90. The molecule has 2 N–H and O–H groups in total. The fraction of sp³-hybridized carbons (Fsp3) is 0.714. The Morgan fingerprint density at radius 2 is 2.25 bits per heavy atom. The Balaban J connectivity index is 2.11. The van der Waals surface area contributed by atoms with Crippen molar-refractivity contribution in [1.29, 1.82) is 0 Å². The van der Waals surface area contributed by atoms with Crippen molar-refractivity contribution in [2.45, 2.75) is 39.0 Å². The van der Waals surface area contributed by atoms with Crippen molar-refractivity contribution in [3.8, 4) is 0 Å². The van der Waals surface area contributed by atoms with Gasteiger partial charge in [0.2, 0.25) is 0 Å². The summed E-state index contributed by atoms with van der Waals surface area (Å²) < 4.78 is 5.22. The monoisotopic (exact) mass is 221 g/mol. The third-order valence-corrected chi connectivity index (χ3v) is 4.25. The van der Waals surface area contributed by atoms with Crippen molar-refractivity contribution in [3.05, 3.63) is 24.2 Å². The number of nitrogens with two attached hydrogens (primary N) is 1. The molecular weight excluding hydrogens is 198 g/mol. The van der Waals surface area contributed by atoms with Crippen LogP contribution in [-0.2, 0) is 0 Å². The molecule has 16 heavy (non-hydrogen) atoms. The molecule has 0 spiro atoms. The first kappa shape index (κ1) is 11.7. The van der Waals surface area contributed by atoms with Crippen molar-refractivity contribution < 1.29 is 4.42 Å². The summed E-state index contributed by atoms with van der Waals surface area (Å²) in [4.78, 5) is 0. The third kappa shape index (κ3) is 2.32. The van der Waals surface area contributed by atoms with E-state index in [0.29, 0.717) is 11.8 Å². The highest BCUT2D eigenvalue weighted by molar-refractivity contribution is 5.15. The standard InChI is InChI=1S/C14H23NO/c1-10(2)11-3-4-12(8-15)14(7-11)13-5-6-16-9-13/h5-6,9-12,14H,3-4,7-8,15H2,1-2H3. The smallest absolute Gasteiger partial charge is 0.0937 e. The summed E-state index contributed by atoms with van der Waals surface area (Å²) in [5, 5.41) is 0. The molecule has 2 rings (SSSR count). The van der Waals surface area contributed by atoms with Gasteiger partial charge >= 0.3 is 0 Å². The molecule has 1 aliphatic rings. The van der Waals surface area contributed by atoms with Gasteiger partial charge in [-0.25, -0.2) is 0 Å². The van der Waals surface area contributed by atoms with E-state index in [4.69, 9.17) is 10.2 Å². The molecule has 1 aromatic rings. The quantitative estimate of drug-likeness (QED) is 0.849. The van der Waals surface area contributed by atoms with Gasteiger partial charge in [0.1, 0.15) is 0 Å². The largest absolute Gasteiger partial charge is 0.472 e. The highest BCUT2D eigenvalue weighted by Gasteiger charge is 2.32. The molecule has 0 saturated heterocycles. The van der Waals surface area contributed by atoms with Gasteiger partial charge in [0.25, 0.3) is 0 Å². The zero-order valence-electron chi connectivity index (χ0n) is 10.4. The molecule has 1 heterocycles. The van der Waals surface area contributed by atoms with Gasteiger partial charge in [-0.15, -0.1) is 0 Å². The molecule has 1 saturated carbocycles. The first-order valence-corrected chi connectivity index (χ1v) is 6.44. The maximum absolute atomic E-state index is 5.89. The van der Waals surface area contributed by atoms with Crippen LogP contribution in [0.15, 0.2) is 23.0 Å². The molecule has 0 bridgehead atoms. The lowest BCUT2D eigenvalue weighted by atomic mass is 9.69. The second kappa shape index (κ2) is 5.05. The molecule has 0 aromatic carbocycles. The van der Waals surface area contributed by atoms with Crippen molar-refractivity contribution in [3.63, 3.8) is 0 Å². The zero-order chi connectivity index (χ0) is 11.5. The summed E-state index contributed by atoms with van der Waals surface area (Å²) in [6.45, 7) is 5.47. The Kier molecular flexibility index (Phi) is 3.70. The van der Waals surface area contributed by atoms with Crippen LogP contribution < -0.4 is 5.73 Å². The van der Waals surface area contributed by atoms with Crippen LogP contribution in [0.3, 0.4) is 0 Å². The normalized spacial score (nSPS) is 30.9. The van der Waals surface area contributed by atoms with Crippen LogP contribution in [0.5, 0.6) is 0 Å². The van der Waals surface area contributed by atoms with E-state index in [-0.39, 0.29) is 0 Å². The predicted octanol–water partition coefficient (Wildman–Crippen LogP) is 3.39. The first-order chi connectivity index (χ1) is 7.72. The van der Waals surface area contributed by atoms with Crippen LogP contribution in [0.25, 0.3) is 0 Å². The lowest BCUT2D eigenvalue weighted by Crippen LogP contribution is -2.30. The summed E-state index contributed by atoms with van der Waals surface area (Å²) >= 11 is 0. The van der Waals surface area contributed by atoms with Crippen LogP contribution >= 0.6 is 0 Å². The molecule has 1 aromatic heterocycles. The van der Waals surface area contributed by atoms with Crippen molar-refractivity contribution in [2.75, 3.05) is 6.54 Å². The van der Waals surface area contributed by atoms with E-state index in [1.54, 1.807) is 6.26 Å². The predicted molar refractivity (Wildman–Crippen MR) is 66.2 cm³/mol.